The predicted octanol–water partition coefficient (Wildman–Crippen LogP) is 25.0. The molecule has 4 aliphatic carbocycles. The molecule has 6 heteroatoms. The quantitative estimate of drug-likeness (QED) is 0.152. The fourth-order valence-corrected chi connectivity index (χ4v) is 18.1. The third-order valence-electron chi connectivity index (χ3n) is 21.8. The highest BCUT2D eigenvalue weighted by atomic mass is 32.1. The lowest BCUT2D eigenvalue weighted by Gasteiger charge is -2.36. The van der Waals surface area contributed by atoms with Crippen LogP contribution in [0.5, 0.6) is 0 Å². The van der Waals surface area contributed by atoms with Crippen LogP contribution in [0, 0.1) is 0 Å². The molecule has 20 rings (SSSR count). The molecule has 0 aliphatic heterocycles. The lowest BCUT2D eigenvalue weighted by molar-refractivity contribution is 0.353. The van der Waals surface area contributed by atoms with E-state index < -0.39 is 0 Å². The molecule has 0 atom stereocenters. The summed E-state index contributed by atoms with van der Waals surface area (Å²) in [4.78, 5) is 20.2. The van der Waals surface area contributed by atoms with E-state index in [1.165, 1.54) is 140 Å². The highest BCUT2D eigenvalue weighted by Gasteiger charge is 2.45. The second-order valence-corrected chi connectivity index (χ2v) is 28.4. The second kappa shape index (κ2) is 23.9. The van der Waals surface area contributed by atoms with Gasteiger partial charge in [0.05, 0.1) is 22.8 Å². The van der Waals surface area contributed by atoms with Crippen LogP contribution in [-0.4, -0.2) is 19.9 Å². The van der Waals surface area contributed by atoms with Crippen LogP contribution in [0.25, 0.3) is 154 Å². The molecule has 4 heterocycles. The summed E-state index contributed by atoms with van der Waals surface area (Å²) in [6.45, 7) is 0. The van der Waals surface area contributed by atoms with E-state index in [0.29, 0.717) is 5.82 Å². The number of hydrogen-bond acceptors (Lipinski definition) is 6. The molecule has 0 N–H and O–H groups in total. The number of benzene rings is 12. The van der Waals surface area contributed by atoms with Crippen molar-refractivity contribution in [1.29, 1.82) is 0 Å². The first-order chi connectivity index (χ1) is 48.5. The Labute approximate surface area is 574 Å². The Hall–Kier alpha value is -11.2. The van der Waals surface area contributed by atoms with Gasteiger partial charge in [0, 0.05) is 75.2 Å². The summed E-state index contributed by atoms with van der Waals surface area (Å²) in [6, 6.07) is 105. The van der Waals surface area contributed by atoms with E-state index in [9.17, 15) is 0 Å². The zero-order valence-corrected chi connectivity index (χ0v) is 55.2. The van der Waals surface area contributed by atoms with Gasteiger partial charge in [-0.05, 0) is 171 Å². The van der Waals surface area contributed by atoms with Crippen molar-refractivity contribution in [3.05, 3.63) is 313 Å². The molecule has 5 nitrogen and oxygen atoms in total. The molecule has 4 aliphatic rings. The van der Waals surface area contributed by atoms with E-state index in [1.54, 1.807) is 11.1 Å². The van der Waals surface area contributed by atoms with Crippen molar-refractivity contribution >= 4 is 53.4 Å². The summed E-state index contributed by atoms with van der Waals surface area (Å²) in [5, 5.41) is 4.76. The summed E-state index contributed by atoms with van der Waals surface area (Å²) in [5.74, 6) is 1.45. The summed E-state index contributed by atoms with van der Waals surface area (Å²) < 4.78 is 8.98. The van der Waals surface area contributed by atoms with E-state index >= 15 is 0 Å². The zero-order chi connectivity index (χ0) is 64.7. The van der Waals surface area contributed by atoms with E-state index in [1.807, 2.05) is 72.0 Å². The van der Waals surface area contributed by atoms with Crippen LogP contribution in [0.1, 0.15) is 86.5 Å². The number of furan rings is 1. The molecule has 2 saturated carbocycles. The maximum Gasteiger partial charge on any atom is 0.160 e. The normalized spacial score (nSPS) is 14.7. The highest BCUT2D eigenvalue weighted by molar-refractivity contribution is 7.25. The van der Waals surface area contributed by atoms with Gasteiger partial charge in [-0.1, -0.05) is 251 Å². The average molecular weight is 1280 g/mol. The monoisotopic (exact) mass is 1280 g/mol. The topological polar surface area (TPSA) is 64.7 Å². The third kappa shape index (κ3) is 9.94. The number of hydrogen-bond donors (Lipinski definition) is 0. The first-order valence-electron chi connectivity index (χ1n) is 34.9. The fourth-order valence-electron chi connectivity index (χ4n) is 17.0. The Morgan fingerprint density at radius 1 is 0.245 bits per heavy atom. The molecule has 2 spiro atoms. The van der Waals surface area contributed by atoms with Crippen LogP contribution >= 0.6 is 11.3 Å². The lowest BCUT2D eigenvalue weighted by atomic mass is 9.68. The Morgan fingerprint density at radius 3 is 1.03 bits per heavy atom. The molecule has 0 radical (unpaired) electrons. The van der Waals surface area contributed by atoms with Gasteiger partial charge in [0.15, 0.2) is 11.6 Å². The first-order valence-corrected chi connectivity index (χ1v) is 35.7. The van der Waals surface area contributed by atoms with Crippen molar-refractivity contribution in [3.63, 3.8) is 0 Å². The van der Waals surface area contributed by atoms with Crippen molar-refractivity contribution in [3.8, 4) is 112 Å². The van der Waals surface area contributed by atoms with Crippen LogP contribution in [0.4, 0.5) is 0 Å². The van der Waals surface area contributed by atoms with Gasteiger partial charge < -0.3 is 4.42 Å². The minimum Gasteiger partial charge on any atom is -0.456 e. The Morgan fingerprint density at radius 2 is 0.571 bits per heavy atom. The largest absolute Gasteiger partial charge is 0.456 e. The summed E-state index contributed by atoms with van der Waals surface area (Å²) in [6.07, 6.45) is 13.0. The van der Waals surface area contributed by atoms with Crippen LogP contribution in [0.3, 0.4) is 0 Å². The maximum absolute atomic E-state index is 6.38. The molecule has 0 unspecified atom stereocenters. The van der Waals surface area contributed by atoms with Crippen molar-refractivity contribution in [2.45, 2.75) is 75.0 Å². The van der Waals surface area contributed by atoms with Crippen LogP contribution in [0.15, 0.2) is 296 Å². The molecule has 16 aromatic rings. The average Bonchev–Trinajstić information content (AvgIpc) is 1.57. The SMILES string of the molecule is c1ccc(-c2cc(-c3ccc4oc5ccc(-c6ccc7c(c6)-c6ccccc6C76CCCCC6)cc5c4c3)nc(-c3ccccc3)n2)cc1.c1ccc(-c2cc(-c3ccc4sc5ccc(-c6ccc7c(c6)-c6ccccc6C76CCCCC6)cc5c4c3)nc(-c3ccccc3)n2)cc1. The van der Waals surface area contributed by atoms with Gasteiger partial charge in [-0.3, -0.25) is 0 Å². The van der Waals surface area contributed by atoms with Crippen molar-refractivity contribution in [1.82, 2.24) is 19.9 Å². The number of aromatic nitrogens is 4. The van der Waals surface area contributed by atoms with E-state index in [2.05, 4.69) is 231 Å². The van der Waals surface area contributed by atoms with E-state index in [0.717, 1.165) is 83.9 Å². The molecule has 0 bridgehead atoms. The zero-order valence-electron chi connectivity index (χ0n) is 54.4. The number of nitrogens with zero attached hydrogens (tertiary/aromatic N) is 4. The number of thiophene rings is 1. The van der Waals surface area contributed by atoms with Gasteiger partial charge >= 0.3 is 0 Å². The van der Waals surface area contributed by atoms with Gasteiger partial charge in [0.25, 0.3) is 0 Å². The number of rotatable bonds is 8. The second-order valence-electron chi connectivity index (χ2n) is 27.3. The smallest absolute Gasteiger partial charge is 0.160 e. The molecule has 2 fully saturated rings. The molecule has 4 aromatic heterocycles. The van der Waals surface area contributed by atoms with Gasteiger partial charge in [-0.25, -0.2) is 19.9 Å². The highest BCUT2D eigenvalue weighted by Crippen LogP contribution is 2.58. The molecular formula is C92H68N4OS. The molecule has 98 heavy (non-hydrogen) atoms. The molecule has 468 valence electrons. The van der Waals surface area contributed by atoms with Gasteiger partial charge in [-0.15, -0.1) is 11.3 Å². The van der Waals surface area contributed by atoms with Crippen LogP contribution in [-0.2, 0) is 10.8 Å². The Kier molecular flexibility index (Phi) is 14.2. The molecular weight excluding hydrogens is 1210 g/mol. The summed E-state index contributed by atoms with van der Waals surface area (Å²) in [5.41, 5.74) is 28.9. The van der Waals surface area contributed by atoms with Gasteiger partial charge in [0.1, 0.15) is 11.2 Å². The Bertz CT molecular complexity index is 5290. The molecule has 12 aromatic carbocycles. The summed E-state index contributed by atoms with van der Waals surface area (Å²) in [7, 11) is 0. The van der Waals surface area contributed by atoms with Gasteiger partial charge in [-0.2, -0.15) is 0 Å². The lowest BCUT2D eigenvalue weighted by Crippen LogP contribution is -2.27. The van der Waals surface area contributed by atoms with Crippen molar-refractivity contribution in [2.75, 3.05) is 0 Å². The maximum atomic E-state index is 6.38. The summed E-state index contributed by atoms with van der Waals surface area (Å²) >= 11 is 1.86. The van der Waals surface area contributed by atoms with Crippen molar-refractivity contribution < 1.29 is 4.42 Å². The standard InChI is InChI=1S/C46H34N2O.C46H34N2S/c2*1-4-12-30(13-5-1)41-29-42(48-45(47-41)31-14-6-2-7-15-31)34-20-23-44-38(28-34)37-27-33(19-22-43(37)49-44)32-18-21-40-36(26-32)35-16-8-9-17-39(35)46(40)24-10-3-11-25-46/h2*1-2,4-9,12-23,26-29H,3,10-11,24-25H2. The third-order valence-corrected chi connectivity index (χ3v) is 23.0. The first kappa shape index (κ1) is 58.2. The minimum atomic E-state index is 0.172. The predicted molar refractivity (Wildman–Crippen MR) is 406 cm³/mol. The molecule has 0 saturated heterocycles. The minimum absolute atomic E-state index is 0.172. The van der Waals surface area contributed by atoms with Crippen LogP contribution in [0.2, 0.25) is 0 Å². The van der Waals surface area contributed by atoms with E-state index in [4.69, 9.17) is 24.4 Å². The van der Waals surface area contributed by atoms with Gasteiger partial charge in [0.2, 0.25) is 0 Å². The Balaban J connectivity index is 0.000000137. The fraction of sp³-hybridized carbons (Fsp3) is 0.130. The number of fused-ring (bicyclic) bond motifs is 16. The molecule has 0 amide bonds. The van der Waals surface area contributed by atoms with Crippen LogP contribution < -0.4 is 0 Å². The van der Waals surface area contributed by atoms with E-state index in [-0.39, 0.29) is 10.8 Å². The van der Waals surface area contributed by atoms with Crippen molar-refractivity contribution in [2.24, 2.45) is 0 Å².